The van der Waals surface area contributed by atoms with Crippen molar-refractivity contribution >= 4 is 19.8 Å². The van der Waals surface area contributed by atoms with Crippen molar-refractivity contribution in [3.05, 3.63) is 36.5 Å². The number of allylic oxidation sites excluding steroid dienone is 6. The molecule has 58 heavy (non-hydrogen) atoms. The highest BCUT2D eigenvalue weighted by atomic mass is 31.2. The summed E-state index contributed by atoms with van der Waals surface area (Å²) in [7, 11) is -4.62. The Morgan fingerprint density at radius 1 is 0.517 bits per heavy atom. The van der Waals surface area contributed by atoms with E-state index in [1.165, 1.54) is 116 Å². The number of rotatable bonds is 44. The maximum atomic E-state index is 12.6. The SMILES string of the molecule is CCCCC/C=C\C/C=C\C/C=C\CCCCCCC(=O)O[C@H](COC(=O)CCCCCCCCCCCCCCCCCCCC)COP(=O)(O)OC[C@@H](O)CO. The number of aliphatic hydroxyl groups is 2. The van der Waals surface area contributed by atoms with Crippen LogP contribution in [-0.4, -0.2) is 65.7 Å². The van der Waals surface area contributed by atoms with E-state index >= 15 is 0 Å². The predicted molar refractivity (Wildman–Crippen MR) is 238 cm³/mol. The number of carbonyl (C=O) groups excluding carboxylic acids is 2. The largest absolute Gasteiger partial charge is 0.472 e. The Morgan fingerprint density at radius 2 is 0.897 bits per heavy atom. The van der Waals surface area contributed by atoms with Gasteiger partial charge in [-0.15, -0.1) is 0 Å². The number of phosphoric acid groups is 1. The molecule has 0 radical (unpaired) electrons. The molecule has 0 aliphatic carbocycles. The zero-order valence-corrected chi connectivity index (χ0v) is 37.9. The molecule has 0 amide bonds. The van der Waals surface area contributed by atoms with Gasteiger partial charge in [0.05, 0.1) is 19.8 Å². The number of hydrogen-bond donors (Lipinski definition) is 3. The Labute approximate surface area is 354 Å². The number of aliphatic hydroxyl groups excluding tert-OH is 2. The molecule has 0 heterocycles. The van der Waals surface area contributed by atoms with Crippen LogP contribution in [0.25, 0.3) is 0 Å². The van der Waals surface area contributed by atoms with Crippen molar-refractivity contribution in [1.82, 2.24) is 0 Å². The summed E-state index contributed by atoms with van der Waals surface area (Å²) in [5, 5.41) is 18.4. The van der Waals surface area contributed by atoms with Gasteiger partial charge in [-0.05, 0) is 51.4 Å². The lowest BCUT2D eigenvalue weighted by Gasteiger charge is -2.20. The van der Waals surface area contributed by atoms with Crippen LogP contribution in [0.2, 0.25) is 0 Å². The first kappa shape index (κ1) is 56.2. The zero-order valence-electron chi connectivity index (χ0n) is 37.0. The molecule has 0 saturated carbocycles. The van der Waals surface area contributed by atoms with E-state index < -0.39 is 51.8 Å². The first-order valence-corrected chi connectivity index (χ1v) is 24.9. The number of carbonyl (C=O) groups is 2. The van der Waals surface area contributed by atoms with Crippen molar-refractivity contribution in [1.29, 1.82) is 0 Å². The third kappa shape index (κ3) is 42.3. The average molecular weight is 843 g/mol. The zero-order chi connectivity index (χ0) is 42.6. The molecule has 0 rings (SSSR count). The smallest absolute Gasteiger partial charge is 0.462 e. The number of ether oxygens (including phenoxy) is 2. The van der Waals surface area contributed by atoms with E-state index in [1.54, 1.807) is 0 Å². The molecule has 3 N–H and O–H groups in total. The van der Waals surface area contributed by atoms with Crippen molar-refractivity contribution in [3.8, 4) is 0 Å². The minimum Gasteiger partial charge on any atom is -0.462 e. The van der Waals surface area contributed by atoms with E-state index in [-0.39, 0.29) is 19.4 Å². The molecule has 0 aromatic carbocycles. The van der Waals surface area contributed by atoms with Crippen LogP contribution in [0.3, 0.4) is 0 Å². The third-order valence-corrected chi connectivity index (χ3v) is 11.0. The summed E-state index contributed by atoms with van der Waals surface area (Å²) >= 11 is 0. The Hall–Kier alpha value is -1.81. The van der Waals surface area contributed by atoms with E-state index in [4.69, 9.17) is 23.6 Å². The molecular formula is C47H87O10P. The molecule has 0 bridgehead atoms. The lowest BCUT2D eigenvalue weighted by molar-refractivity contribution is -0.161. The van der Waals surface area contributed by atoms with Crippen LogP contribution in [0.1, 0.15) is 213 Å². The van der Waals surface area contributed by atoms with Crippen LogP contribution in [0.5, 0.6) is 0 Å². The standard InChI is InChI=1S/C47H87O10P/c1-3-5-7-9-11-13-15-17-19-21-23-24-26-28-30-32-34-36-38-46(50)54-42-45(43-56-58(52,53)55-41-44(49)40-48)57-47(51)39-37-35-33-31-29-27-25-22-20-18-16-14-12-10-8-6-4-2/h12,14,18,20,25,27,44-45,48-49H,3-11,13,15-17,19,21-24,26,28-43H2,1-2H3,(H,52,53)/b14-12-,20-18-,27-25-/t44-,45+/m0/s1. The van der Waals surface area contributed by atoms with Gasteiger partial charge in [-0.3, -0.25) is 18.6 Å². The molecule has 0 fully saturated rings. The fourth-order valence-corrected chi connectivity index (χ4v) is 7.20. The number of phosphoric ester groups is 1. The normalized spacial score (nSPS) is 14.1. The van der Waals surface area contributed by atoms with Gasteiger partial charge in [0.25, 0.3) is 0 Å². The monoisotopic (exact) mass is 843 g/mol. The van der Waals surface area contributed by atoms with Gasteiger partial charge in [-0.25, -0.2) is 4.57 Å². The first-order chi connectivity index (χ1) is 28.2. The molecule has 0 saturated heterocycles. The van der Waals surface area contributed by atoms with Crippen molar-refractivity contribution in [3.63, 3.8) is 0 Å². The van der Waals surface area contributed by atoms with Gasteiger partial charge in [-0.1, -0.05) is 185 Å². The van der Waals surface area contributed by atoms with Gasteiger partial charge < -0.3 is 24.6 Å². The van der Waals surface area contributed by atoms with Crippen molar-refractivity contribution in [2.24, 2.45) is 0 Å². The van der Waals surface area contributed by atoms with Crippen LogP contribution in [0.15, 0.2) is 36.5 Å². The fraction of sp³-hybridized carbons (Fsp3) is 0.830. The molecule has 0 aromatic heterocycles. The fourth-order valence-electron chi connectivity index (χ4n) is 6.41. The Kier molecular flexibility index (Phi) is 41.9. The predicted octanol–water partition coefficient (Wildman–Crippen LogP) is 12.7. The minimum absolute atomic E-state index is 0.160. The summed E-state index contributed by atoms with van der Waals surface area (Å²) < 4.78 is 32.8. The quantitative estimate of drug-likeness (QED) is 0.0234. The molecule has 0 aromatic rings. The lowest BCUT2D eigenvalue weighted by atomic mass is 10.0. The minimum atomic E-state index is -4.62. The number of hydrogen-bond acceptors (Lipinski definition) is 9. The highest BCUT2D eigenvalue weighted by Crippen LogP contribution is 2.43. The van der Waals surface area contributed by atoms with E-state index in [1.807, 2.05) is 0 Å². The Morgan fingerprint density at radius 3 is 1.38 bits per heavy atom. The van der Waals surface area contributed by atoms with Crippen LogP contribution in [-0.2, 0) is 32.7 Å². The highest BCUT2D eigenvalue weighted by molar-refractivity contribution is 7.47. The molecule has 340 valence electrons. The van der Waals surface area contributed by atoms with Gasteiger partial charge >= 0.3 is 19.8 Å². The molecule has 0 aliphatic rings. The van der Waals surface area contributed by atoms with Gasteiger partial charge in [0.1, 0.15) is 12.7 Å². The lowest BCUT2D eigenvalue weighted by Crippen LogP contribution is -2.29. The average Bonchev–Trinajstić information content (AvgIpc) is 3.21. The summed E-state index contributed by atoms with van der Waals surface area (Å²) in [4.78, 5) is 35.1. The van der Waals surface area contributed by atoms with Crippen LogP contribution < -0.4 is 0 Å². The van der Waals surface area contributed by atoms with Gasteiger partial charge in [0, 0.05) is 12.8 Å². The summed E-state index contributed by atoms with van der Waals surface area (Å²) in [6, 6.07) is 0. The Bertz CT molecular complexity index is 1060. The summed E-state index contributed by atoms with van der Waals surface area (Å²) in [5.74, 6) is -0.942. The molecule has 0 aliphatic heterocycles. The molecular weight excluding hydrogens is 755 g/mol. The summed E-state index contributed by atoms with van der Waals surface area (Å²) in [6.45, 7) is 2.35. The second kappa shape index (κ2) is 43.3. The van der Waals surface area contributed by atoms with Gasteiger partial charge in [-0.2, -0.15) is 0 Å². The van der Waals surface area contributed by atoms with Crippen molar-refractivity contribution < 1.29 is 47.8 Å². The third-order valence-electron chi connectivity index (χ3n) is 10.0. The molecule has 0 spiro atoms. The highest BCUT2D eigenvalue weighted by Gasteiger charge is 2.27. The maximum absolute atomic E-state index is 12.6. The van der Waals surface area contributed by atoms with E-state index in [2.05, 4.69) is 50.3 Å². The van der Waals surface area contributed by atoms with E-state index in [0.29, 0.717) is 12.8 Å². The van der Waals surface area contributed by atoms with Gasteiger partial charge in [0.15, 0.2) is 6.10 Å². The number of esters is 2. The molecule has 11 heteroatoms. The van der Waals surface area contributed by atoms with Crippen LogP contribution in [0, 0.1) is 0 Å². The number of unbranched alkanes of at least 4 members (excludes halogenated alkanes) is 24. The van der Waals surface area contributed by atoms with E-state index in [0.717, 1.165) is 57.8 Å². The second-order valence-corrected chi connectivity index (χ2v) is 17.2. The van der Waals surface area contributed by atoms with Crippen molar-refractivity contribution in [2.75, 3.05) is 26.4 Å². The molecule has 10 nitrogen and oxygen atoms in total. The maximum Gasteiger partial charge on any atom is 0.472 e. The second-order valence-electron chi connectivity index (χ2n) is 15.8. The van der Waals surface area contributed by atoms with Crippen LogP contribution in [0.4, 0.5) is 0 Å². The van der Waals surface area contributed by atoms with Crippen LogP contribution >= 0.6 is 7.82 Å². The van der Waals surface area contributed by atoms with Gasteiger partial charge in [0.2, 0.25) is 0 Å². The molecule has 3 atom stereocenters. The summed E-state index contributed by atoms with van der Waals surface area (Å²) in [5.41, 5.74) is 0. The molecule has 1 unspecified atom stereocenters. The topological polar surface area (TPSA) is 149 Å². The summed E-state index contributed by atoms with van der Waals surface area (Å²) in [6.07, 6.45) is 45.3. The van der Waals surface area contributed by atoms with Crippen molar-refractivity contribution in [2.45, 2.75) is 225 Å². The van der Waals surface area contributed by atoms with E-state index in [9.17, 15) is 24.2 Å². The Balaban J connectivity index is 4.26. The first-order valence-electron chi connectivity index (χ1n) is 23.4.